The molecule has 7 aromatic rings. The van der Waals surface area contributed by atoms with E-state index in [0.717, 1.165) is 29.0 Å². The van der Waals surface area contributed by atoms with Crippen LogP contribution in [0.4, 0.5) is 36.6 Å². The number of aromatic nitrogens is 6. The van der Waals surface area contributed by atoms with Crippen molar-refractivity contribution in [2.45, 2.75) is 43.7 Å². The molecular weight excluding hydrogens is 895 g/mol. The van der Waals surface area contributed by atoms with E-state index in [-0.39, 0.29) is 67.3 Å². The topological polar surface area (TPSA) is 170 Å². The SMILES string of the molecule is Cn1nc(NS(C)(=O)=O)c2c(Cl)ccc(-n3c([C@H](Cc4cc(F)cc(F)c4)NC(=O)Cn4nc(C(F)F)c5c4C(F)(F)C4CC54)nc4cc(-c5ccc(F)c(C#N)c5)ccc4c3=O)c21. The number of hydrogen-bond donors (Lipinski definition) is 2. The quantitative estimate of drug-likeness (QED) is 0.125. The van der Waals surface area contributed by atoms with Crippen LogP contribution >= 0.6 is 11.6 Å². The second-order valence-corrected chi connectivity index (χ2v) is 17.7. The van der Waals surface area contributed by atoms with E-state index in [1.165, 1.54) is 54.2 Å². The first kappa shape index (κ1) is 42.5. The molecule has 328 valence electrons. The Bertz CT molecular complexity index is 3350. The van der Waals surface area contributed by atoms with Gasteiger partial charge in [0.1, 0.15) is 47.3 Å². The molecule has 2 N–H and O–H groups in total. The third-order valence-corrected chi connectivity index (χ3v) is 12.1. The van der Waals surface area contributed by atoms with Crippen LogP contribution in [0, 0.1) is 34.7 Å². The molecule has 3 heterocycles. The molecule has 4 aromatic carbocycles. The van der Waals surface area contributed by atoms with Crippen molar-refractivity contribution in [1.82, 2.24) is 34.4 Å². The summed E-state index contributed by atoms with van der Waals surface area (Å²) < 4.78 is 133. The number of carbonyl (C=O) groups excluding carboxylic acids is 1. The summed E-state index contributed by atoms with van der Waals surface area (Å²) in [6.07, 6.45) is -2.91. The van der Waals surface area contributed by atoms with Crippen LogP contribution in [-0.2, 0) is 40.8 Å². The van der Waals surface area contributed by atoms with Gasteiger partial charge in [-0.25, -0.2) is 35.4 Å². The minimum absolute atomic E-state index is 0.00789. The molecule has 2 aliphatic rings. The molecule has 64 heavy (non-hydrogen) atoms. The van der Waals surface area contributed by atoms with Gasteiger partial charge in [0.25, 0.3) is 17.9 Å². The fourth-order valence-electron chi connectivity index (χ4n) is 8.55. The number of nitriles is 1. The second kappa shape index (κ2) is 15.2. The van der Waals surface area contributed by atoms with Crippen LogP contribution < -0.4 is 15.6 Å². The minimum atomic E-state index is -3.95. The van der Waals surface area contributed by atoms with Crippen molar-refractivity contribution in [2.24, 2.45) is 13.0 Å². The lowest BCUT2D eigenvalue weighted by Gasteiger charge is -2.24. The Kier molecular flexibility index (Phi) is 10.1. The molecule has 0 aliphatic heterocycles. The number of anilines is 1. The van der Waals surface area contributed by atoms with Gasteiger partial charge < -0.3 is 5.32 Å². The van der Waals surface area contributed by atoms with Crippen molar-refractivity contribution in [3.63, 3.8) is 0 Å². The van der Waals surface area contributed by atoms with Crippen LogP contribution in [0.2, 0.25) is 5.02 Å². The van der Waals surface area contributed by atoms with Gasteiger partial charge in [0, 0.05) is 31.0 Å². The third-order valence-electron chi connectivity index (χ3n) is 11.2. The number of amides is 1. The van der Waals surface area contributed by atoms with Crippen molar-refractivity contribution in [2.75, 3.05) is 11.0 Å². The zero-order chi connectivity index (χ0) is 45.7. The Morgan fingerprint density at radius 3 is 2.41 bits per heavy atom. The maximum Gasteiger partial charge on any atom is 0.293 e. The van der Waals surface area contributed by atoms with Crippen molar-refractivity contribution >= 4 is 55.2 Å². The number of nitrogens with zero attached hydrogens (tertiary/aromatic N) is 7. The summed E-state index contributed by atoms with van der Waals surface area (Å²) in [6, 6.07) is 13.4. The molecule has 3 aromatic heterocycles. The van der Waals surface area contributed by atoms with Gasteiger partial charge in [0.2, 0.25) is 15.9 Å². The first-order valence-electron chi connectivity index (χ1n) is 19.2. The van der Waals surface area contributed by atoms with Crippen LogP contribution in [0.15, 0.2) is 71.5 Å². The van der Waals surface area contributed by atoms with Crippen LogP contribution in [0.3, 0.4) is 0 Å². The smallest absolute Gasteiger partial charge is 0.293 e. The summed E-state index contributed by atoms with van der Waals surface area (Å²) in [5.41, 5.74) is -2.53. The van der Waals surface area contributed by atoms with Crippen LogP contribution in [0.1, 0.15) is 58.7 Å². The molecule has 3 atom stereocenters. The van der Waals surface area contributed by atoms with E-state index < -0.39 is 93.5 Å². The number of carbonyl (C=O) groups is 1. The predicted molar refractivity (Wildman–Crippen MR) is 218 cm³/mol. The molecule has 1 fully saturated rings. The van der Waals surface area contributed by atoms with Crippen LogP contribution in [-0.4, -0.2) is 49.7 Å². The highest BCUT2D eigenvalue weighted by molar-refractivity contribution is 7.92. The number of sulfonamides is 1. The van der Waals surface area contributed by atoms with Gasteiger partial charge in [0.05, 0.1) is 50.4 Å². The average molecular weight is 924 g/mol. The summed E-state index contributed by atoms with van der Waals surface area (Å²) in [4.78, 5) is 34.0. The summed E-state index contributed by atoms with van der Waals surface area (Å²) in [5.74, 6) is -10.2. The Balaban J connectivity index is 1.27. The van der Waals surface area contributed by atoms with Gasteiger partial charge in [-0.1, -0.05) is 23.7 Å². The number of hydrogen-bond acceptors (Lipinski definition) is 8. The molecule has 9 rings (SSSR count). The molecule has 0 spiro atoms. The molecule has 1 saturated carbocycles. The monoisotopic (exact) mass is 923 g/mol. The first-order valence-corrected chi connectivity index (χ1v) is 21.4. The Labute approximate surface area is 361 Å². The molecular formula is C42H29ClF7N9O4S. The number of alkyl halides is 4. The molecule has 0 bridgehead atoms. The van der Waals surface area contributed by atoms with Crippen molar-refractivity contribution in [1.29, 1.82) is 5.26 Å². The number of rotatable bonds is 11. The summed E-state index contributed by atoms with van der Waals surface area (Å²) in [5, 5.41) is 20.1. The van der Waals surface area contributed by atoms with Gasteiger partial charge in [-0.15, -0.1) is 0 Å². The van der Waals surface area contributed by atoms with E-state index in [1.54, 1.807) is 6.07 Å². The number of nitrogens with one attached hydrogen (secondary N) is 2. The van der Waals surface area contributed by atoms with E-state index in [2.05, 4.69) is 20.2 Å². The highest BCUT2D eigenvalue weighted by atomic mass is 35.5. The third kappa shape index (κ3) is 7.29. The first-order chi connectivity index (χ1) is 30.2. The summed E-state index contributed by atoms with van der Waals surface area (Å²) in [7, 11) is -2.53. The van der Waals surface area contributed by atoms with Gasteiger partial charge in [-0.05, 0) is 77.6 Å². The maximum atomic E-state index is 15.5. The van der Waals surface area contributed by atoms with E-state index in [4.69, 9.17) is 16.6 Å². The Morgan fingerprint density at radius 1 is 1.02 bits per heavy atom. The van der Waals surface area contributed by atoms with E-state index >= 15 is 13.6 Å². The Hall–Kier alpha value is -6.79. The number of benzene rings is 4. The molecule has 2 aliphatic carbocycles. The fourth-order valence-corrected chi connectivity index (χ4v) is 9.29. The van der Waals surface area contributed by atoms with E-state index in [0.29, 0.717) is 21.9 Å². The van der Waals surface area contributed by atoms with Gasteiger partial charge in [-0.2, -0.15) is 24.2 Å². The lowest BCUT2D eigenvalue weighted by molar-refractivity contribution is -0.123. The molecule has 2 unspecified atom stereocenters. The van der Waals surface area contributed by atoms with Gasteiger partial charge in [-0.3, -0.25) is 28.2 Å². The molecule has 22 heteroatoms. The zero-order valence-electron chi connectivity index (χ0n) is 33.0. The second-order valence-electron chi connectivity index (χ2n) is 15.6. The summed E-state index contributed by atoms with van der Waals surface area (Å²) in [6.45, 7) is -1.03. The minimum Gasteiger partial charge on any atom is -0.344 e. The number of fused-ring (bicyclic) bond motifs is 5. The molecule has 0 radical (unpaired) electrons. The standard InChI is InChI=1S/C42H29ClF7N9O4S/c1-57-36-31(8-6-27(43)34(36)39(55-57)56-64(2,62)63)59-40(53-29-13-20(3-5-24(29)41(59)61)19-4-7-28(46)21(12-19)16-51)30(11-18-9-22(44)14-23(45)10-18)52-32(60)17-58-37-33(35(54-58)38(47)48)25-15-26(25)42(37,49)50/h3-10,12-14,25-26,30,38H,11,15,17H2,1-2H3,(H,52,60)(H,55,56)/t25?,26?,30-/m0/s1. The Morgan fingerprint density at radius 2 is 1.72 bits per heavy atom. The van der Waals surface area contributed by atoms with Gasteiger partial charge >= 0.3 is 0 Å². The van der Waals surface area contributed by atoms with Crippen molar-refractivity contribution in [3.8, 4) is 22.9 Å². The van der Waals surface area contributed by atoms with E-state index in [9.17, 15) is 40.4 Å². The highest BCUT2D eigenvalue weighted by Crippen LogP contribution is 2.68. The van der Waals surface area contributed by atoms with Crippen molar-refractivity contribution < 1.29 is 43.9 Å². The molecule has 13 nitrogen and oxygen atoms in total. The predicted octanol–water partition coefficient (Wildman–Crippen LogP) is 7.70. The van der Waals surface area contributed by atoms with Gasteiger partial charge in [0.15, 0.2) is 5.82 Å². The number of halogens is 8. The lowest BCUT2D eigenvalue weighted by atomic mass is 10.0. The van der Waals surface area contributed by atoms with E-state index in [1.807, 2.05) is 0 Å². The molecule has 1 amide bonds. The maximum absolute atomic E-state index is 15.5. The highest BCUT2D eigenvalue weighted by Gasteiger charge is 2.67. The fraction of sp³-hybridized carbons (Fsp3) is 0.238. The zero-order valence-corrected chi connectivity index (χ0v) is 34.5. The average Bonchev–Trinajstić information content (AvgIpc) is 3.76. The largest absolute Gasteiger partial charge is 0.344 e. The van der Waals surface area contributed by atoms with Crippen molar-refractivity contribution in [3.05, 3.63) is 133 Å². The summed E-state index contributed by atoms with van der Waals surface area (Å²) >= 11 is 6.61. The number of aryl methyl sites for hydroxylation is 1. The normalized spacial score (nSPS) is 16.8. The van der Waals surface area contributed by atoms with Crippen LogP contribution in [0.5, 0.6) is 0 Å². The molecule has 0 saturated heterocycles. The van der Waals surface area contributed by atoms with Crippen LogP contribution in [0.25, 0.3) is 38.6 Å². The lowest BCUT2D eigenvalue weighted by Crippen LogP contribution is -2.38.